The lowest BCUT2D eigenvalue weighted by atomic mass is 10.2. The molecule has 4 heterocycles. The predicted octanol–water partition coefficient (Wildman–Crippen LogP) is 10.7. The second kappa shape index (κ2) is 20.4. The highest BCUT2D eigenvalue weighted by Gasteiger charge is 2.32. The number of rotatable bonds is 10. The van der Waals surface area contributed by atoms with Crippen LogP contribution in [0.1, 0.15) is 0 Å². The molecule has 0 aliphatic carbocycles. The van der Waals surface area contributed by atoms with E-state index < -0.39 is 32.6 Å². The molecule has 0 saturated heterocycles. The van der Waals surface area contributed by atoms with Crippen LogP contribution in [0, 0.1) is 20.2 Å². The van der Waals surface area contributed by atoms with Gasteiger partial charge in [0.2, 0.25) is 0 Å². The van der Waals surface area contributed by atoms with Gasteiger partial charge in [-0.15, -0.1) is 0 Å². The summed E-state index contributed by atoms with van der Waals surface area (Å²) >= 11 is 0. The molecule has 0 aliphatic heterocycles. The summed E-state index contributed by atoms with van der Waals surface area (Å²) in [6.07, 6.45) is 0. The van der Waals surface area contributed by atoms with Gasteiger partial charge < -0.3 is 11.5 Å². The molecule has 4 N–H and O–H groups in total. The Bertz CT molecular complexity index is 4880. The van der Waals surface area contributed by atoms with Crippen molar-refractivity contribution in [2.75, 3.05) is 11.5 Å². The molecule has 20 nitrogen and oxygen atoms in total. The zero-order valence-corrected chi connectivity index (χ0v) is 44.0. The molecule has 0 bridgehead atoms. The second-order valence-corrected chi connectivity index (χ2v) is 19.4. The van der Waals surface area contributed by atoms with Crippen molar-refractivity contribution in [2.24, 2.45) is 0 Å². The highest BCUT2D eigenvalue weighted by molar-refractivity contribution is 5.88. The lowest BCUT2D eigenvalue weighted by Gasteiger charge is -2.13. The molecule has 14 aromatic rings. The molecule has 0 aliphatic rings. The van der Waals surface area contributed by atoms with Gasteiger partial charge in [-0.1, -0.05) is 121 Å². The van der Waals surface area contributed by atoms with Crippen LogP contribution in [0.2, 0.25) is 0 Å². The minimum Gasteiger partial charge on any atom is -0.397 e. The van der Waals surface area contributed by atoms with Crippen LogP contribution < -0.4 is 34.2 Å². The molecule has 20 heteroatoms. The third-order valence-corrected chi connectivity index (χ3v) is 14.6. The van der Waals surface area contributed by atoms with Crippen molar-refractivity contribution in [1.82, 2.24) is 36.5 Å². The summed E-state index contributed by atoms with van der Waals surface area (Å²) in [5, 5.41) is 25.2. The number of hydrogen-bond acceptors (Lipinski definition) is 10. The monoisotopic (exact) mass is 1110 g/mol. The van der Waals surface area contributed by atoms with Gasteiger partial charge >= 0.3 is 22.8 Å². The maximum Gasteiger partial charge on any atom is 0.338 e. The fraction of sp³-hybridized carbons (Fsp3) is 0. The van der Waals surface area contributed by atoms with Crippen LogP contribution in [0.4, 0.5) is 22.7 Å². The summed E-state index contributed by atoms with van der Waals surface area (Å²) in [6.45, 7) is 0. The molecule has 0 saturated carbocycles. The second-order valence-electron chi connectivity index (χ2n) is 19.4. The first kappa shape index (κ1) is 51.1. The van der Waals surface area contributed by atoms with E-state index in [0.717, 1.165) is 43.7 Å². The first-order chi connectivity index (χ1) is 40.9. The Morgan fingerprint density at radius 2 is 0.452 bits per heavy atom. The molecule has 84 heavy (non-hydrogen) atoms. The minimum absolute atomic E-state index is 0.274. The quantitative estimate of drug-likeness (QED) is 0.0745. The molecular formula is C64H44N12O8. The van der Waals surface area contributed by atoms with E-state index in [-0.39, 0.29) is 22.8 Å². The van der Waals surface area contributed by atoms with E-state index >= 15 is 0 Å². The van der Waals surface area contributed by atoms with Crippen molar-refractivity contribution < 1.29 is 9.85 Å². The molecule has 0 radical (unpaired) electrons. The smallest absolute Gasteiger partial charge is 0.338 e. The lowest BCUT2D eigenvalue weighted by molar-refractivity contribution is -0.388. The van der Waals surface area contributed by atoms with Crippen molar-refractivity contribution >= 4 is 66.9 Å². The first-order valence-corrected chi connectivity index (χ1v) is 26.2. The molecular weight excluding hydrogens is 1060 g/mol. The van der Waals surface area contributed by atoms with E-state index in [2.05, 4.69) is 0 Å². The van der Waals surface area contributed by atoms with Gasteiger partial charge in [-0.3, -0.25) is 56.8 Å². The Morgan fingerprint density at radius 3 is 0.667 bits per heavy atom. The number of imidazole rings is 4. The molecule has 4 aromatic heterocycles. The molecule has 10 aromatic carbocycles. The Balaban J connectivity index is 0.000000157. The van der Waals surface area contributed by atoms with Gasteiger partial charge in [0.05, 0.1) is 99.5 Å². The van der Waals surface area contributed by atoms with Crippen LogP contribution in [-0.4, -0.2) is 46.4 Å². The average molecular weight is 1110 g/mol. The number of para-hydroxylation sites is 12. The van der Waals surface area contributed by atoms with Crippen molar-refractivity contribution in [1.29, 1.82) is 0 Å². The van der Waals surface area contributed by atoms with E-state index in [0.29, 0.717) is 67.2 Å². The van der Waals surface area contributed by atoms with Crippen molar-refractivity contribution in [3.8, 4) is 45.5 Å². The predicted molar refractivity (Wildman–Crippen MR) is 325 cm³/mol. The number of nitrogen functional groups attached to an aromatic ring is 2. The van der Waals surface area contributed by atoms with Crippen LogP contribution in [0.25, 0.3) is 89.6 Å². The molecule has 14 rings (SSSR count). The van der Waals surface area contributed by atoms with Gasteiger partial charge in [0.15, 0.2) is 0 Å². The largest absolute Gasteiger partial charge is 0.397 e. The Morgan fingerprint density at radius 1 is 0.262 bits per heavy atom. The Kier molecular flexibility index (Phi) is 12.4. The van der Waals surface area contributed by atoms with Crippen LogP contribution in [-0.2, 0) is 0 Å². The highest BCUT2D eigenvalue weighted by atomic mass is 16.6. The van der Waals surface area contributed by atoms with Crippen molar-refractivity contribution in [2.45, 2.75) is 0 Å². The summed E-state index contributed by atoms with van der Waals surface area (Å²) in [7, 11) is 0. The molecule has 0 spiro atoms. The van der Waals surface area contributed by atoms with E-state index in [4.69, 9.17) is 11.5 Å². The zero-order chi connectivity index (χ0) is 57.9. The third-order valence-electron chi connectivity index (χ3n) is 14.6. The van der Waals surface area contributed by atoms with E-state index in [9.17, 15) is 39.4 Å². The highest BCUT2D eigenvalue weighted by Crippen LogP contribution is 2.37. The molecule has 408 valence electrons. The number of benzene rings is 10. The average Bonchev–Trinajstić information content (AvgIpc) is 2.28. The molecule has 0 fully saturated rings. The number of hydrogen-bond donors (Lipinski definition) is 2. The normalized spacial score (nSPS) is 11.3. The Hall–Kier alpha value is -12.3. The fourth-order valence-corrected chi connectivity index (χ4v) is 11.0. The van der Waals surface area contributed by atoms with Gasteiger partial charge in [0, 0.05) is 12.1 Å². The number of nitro groups is 2. The first-order valence-electron chi connectivity index (χ1n) is 26.2. The van der Waals surface area contributed by atoms with Crippen LogP contribution in [0.5, 0.6) is 0 Å². The van der Waals surface area contributed by atoms with Gasteiger partial charge in [0.25, 0.3) is 11.4 Å². The fourth-order valence-electron chi connectivity index (χ4n) is 11.0. The van der Waals surface area contributed by atoms with E-state index in [1.807, 2.05) is 109 Å². The van der Waals surface area contributed by atoms with Crippen LogP contribution in [0.3, 0.4) is 0 Å². The minimum atomic E-state index is -0.717. The number of nitrogens with zero attached hydrogens (tertiary/aromatic N) is 10. The maximum atomic E-state index is 14.0. The van der Waals surface area contributed by atoms with Gasteiger partial charge in [-0.05, 0) is 109 Å². The third kappa shape index (κ3) is 8.24. The Labute approximate surface area is 473 Å². The molecule has 0 atom stereocenters. The summed E-state index contributed by atoms with van der Waals surface area (Å²) in [5.74, 6) is 0. The van der Waals surface area contributed by atoms with Gasteiger partial charge in [0.1, 0.15) is 11.4 Å². The van der Waals surface area contributed by atoms with Gasteiger partial charge in [-0.25, -0.2) is 19.2 Å². The SMILES string of the molecule is Nc1cc(-n2c(=O)n(-c3ccccc3)c3ccccc32)c(N)cc1-n1c(=O)n(-c2ccccc2)c2ccccc21.O=c1n(-c2ccccc2)c2ccccc2n1-c1cc([N+](=O)[O-])c(-n2c(=O)n(-c3ccccc3)c3ccccc32)cc1[N+](=O)[O-]. The molecule has 0 unspecified atom stereocenters. The summed E-state index contributed by atoms with van der Waals surface area (Å²) < 4.78 is 11.4. The van der Waals surface area contributed by atoms with Crippen molar-refractivity contribution in [3.63, 3.8) is 0 Å². The van der Waals surface area contributed by atoms with E-state index in [1.165, 1.54) is 9.13 Å². The lowest BCUT2D eigenvalue weighted by Crippen LogP contribution is -2.24. The van der Waals surface area contributed by atoms with Gasteiger partial charge in [-0.2, -0.15) is 0 Å². The number of fused-ring (bicyclic) bond motifs is 4. The zero-order valence-electron chi connectivity index (χ0n) is 44.0. The van der Waals surface area contributed by atoms with E-state index in [1.54, 1.807) is 140 Å². The topological polar surface area (TPSA) is 246 Å². The standard InChI is InChI=1S/C32H20N6O6.C32H24N6O2/c39-31-33(21-11-3-1-4-12-21)23-15-7-9-17-25(23)35(31)27-19-30(38(43)44)28(20-29(27)37(41)42)36-26-18-10-8-16-24(26)34(32(36)40)22-13-5-2-6-14-22;33-23-20-30(38-28-18-10-8-16-26(28)36(32(38)40)22-13-5-2-6-14-22)24(34)19-29(23)37-27-17-9-7-15-25(27)35(31(37)39)21-11-3-1-4-12-21/h1-20H;1-20H,33-34H2. The van der Waals surface area contributed by atoms with Crippen LogP contribution >= 0.6 is 0 Å². The van der Waals surface area contributed by atoms with Crippen LogP contribution in [0.15, 0.2) is 262 Å². The summed E-state index contributed by atoms with van der Waals surface area (Å²) in [5.41, 5.74) is 18.0. The van der Waals surface area contributed by atoms with Crippen molar-refractivity contribution in [3.05, 3.63) is 305 Å². The number of nitrogens with two attached hydrogens (primary N) is 2. The number of anilines is 2. The number of aromatic nitrogens is 8. The number of nitro benzene ring substituents is 2. The summed E-state index contributed by atoms with van der Waals surface area (Å²) in [6, 6.07) is 70.1. The maximum absolute atomic E-state index is 14.0. The molecule has 0 amide bonds. The summed E-state index contributed by atoms with van der Waals surface area (Å²) in [4.78, 5) is 79.4.